The molecule has 1 aliphatic rings. The van der Waals surface area contributed by atoms with Crippen molar-refractivity contribution in [3.63, 3.8) is 0 Å². The Morgan fingerprint density at radius 3 is 2.86 bits per heavy atom. The lowest BCUT2D eigenvalue weighted by Crippen LogP contribution is -2.11. The molecule has 3 rings (SSSR count). The lowest BCUT2D eigenvalue weighted by Gasteiger charge is -2.02. The maximum atomic E-state index is 14.2. The van der Waals surface area contributed by atoms with Crippen LogP contribution in [-0.2, 0) is 6.54 Å². The number of hydrogen-bond donors (Lipinski definition) is 1. The zero-order valence-corrected chi connectivity index (χ0v) is 13.1. The molecule has 0 amide bonds. The summed E-state index contributed by atoms with van der Waals surface area (Å²) in [6.07, 6.45) is 2.40. The summed E-state index contributed by atoms with van der Waals surface area (Å²) >= 11 is 1.59. The Bertz CT molecular complexity index is 637. The van der Waals surface area contributed by atoms with Crippen LogP contribution < -0.4 is 10.1 Å². The minimum absolute atomic E-state index is 0.277. The van der Waals surface area contributed by atoms with Crippen LogP contribution in [-0.4, -0.2) is 18.6 Å². The highest BCUT2D eigenvalue weighted by Crippen LogP contribution is 2.44. The number of nitrogens with one attached hydrogen (secondary N) is 1. The zero-order valence-electron chi connectivity index (χ0n) is 12.3. The Labute approximate surface area is 128 Å². The van der Waals surface area contributed by atoms with Gasteiger partial charge in [-0.25, -0.2) is 9.37 Å². The van der Waals surface area contributed by atoms with Gasteiger partial charge in [-0.05, 0) is 31.5 Å². The first kappa shape index (κ1) is 14.5. The van der Waals surface area contributed by atoms with E-state index >= 15 is 0 Å². The van der Waals surface area contributed by atoms with E-state index < -0.39 is 0 Å². The summed E-state index contributed by atoms with van der Waals surface area (Å²) in [5.41, 5.74) is 1.72. The molecule has 0 spiro atoms. The van der Waals surface area contributed by atoms with Crippen molar-refractivity contribution in [1.82, 2.24) is 10.3 Å². The Morgan fingerprint density at radius 2 is 2.24 bits per heavy atom. The monoisotopic (exact) mass is 306 g/mol. The minimum atomic E-state index is -0.277. The highest BCUT2D eigenvalue weighted by atomic mass is 32.1. The largest absolute Gasteiger partial charge is 0.497 e. The summed E-state index contributed by atoms with van der Waals surface area (Å²) in [7, 11) is 1.54. The summed E-state index contributed by atoms with van der Waals surface area (Å²) in [6.45, 7) is 3.83. The van der Waals surface area contributed by atoms with Gasteiger partial charge in [-0.15, -0.1) is 11.3 Å². The van der Waals surface area contributed by atoms with E-state index in [9.17, 15) is 4.39 Å². The fourth-order valence-electron chi connectivity index (χ4n) is 2.32. The third-order valence-electron chi connectivity index (χ3n) is 3.63. The van der Waals surface area contributed by atoms with Crippen LogP contribution in [0.3, 0.4) is 0 Å². The fraction of sp³-hybridized carbons (Fsp3) is 0.438. The van der Waals surface area contributed by atoms with Crippen LogP contribution in [0.1, 0.15) is 36.3 Å². The maximum Gasteiger partial charge on any atom is 0.137 e. The SMILES string of the molecule is CCNCc1sc(-c2ccc(OC)cc2F)nc1C1CC1. The summed E-state index contributed by atoms with van der Waals surface area (Å²) in [5.74, 6) is 0.827. The maximum absolute atomic E-state index is 14.2. The number of ether oxygens (including phenoxy) is 1. The van der Waals surface area contributed by atoms with Crippen LogP contribution in [0.2, 0.25) is 0 Å². The Morgan fingerprint density at radius 1 is 1.43 bits per heavy atom. The van der Waals surface area contributed by atoms with Gasteiger partial charge in [-0.1, -0.05) is 6.92 Å². The van der Waals surface area contributed by atoms with Gasteiger partial charge in [0.1, 0.15) is 16.6 Å². The van der Waals surface area contributed by atoms with Crippen molar-refractivity contribution in [2.45, 2.75) is 32.2 Å². The van der Waals surface area contributed by atoms with E-state index in [1.807, 2.05) is 0 Å². The molecule has 2 aromatic rings. The molecule has 1 N–H and O–H groups in total. The lowest BCUT2D eigenvalue weighted by molar-refractivity contribution is 0.411. The molecular weight excluding hydrogens is 287 g/mol. The van der Waals surface area contributed by atoms with E-state index in [2.05, 4.69) is 12.2 Å². The number of hydrogen-bond acceptors (Lipinski definition) is 4. The number of nitrogens with zero attached hydrogens (tertiary/aromatic N) is 1. The highest BCUT2D eigenvalue weighted by molar-refractivity contribution is 7.15. The standard InChI is InChI=1S/C16H19FN2OS/c1-3-18-9-14-15(10-4-5-10)19-16(21-14)12-7-6-11(20-2)8-13(12)17/h6-8,10,18H,3-5,9H2,1-2H3. The smallest absolute Gasteiger partial charge is 0.137 e. The highest BCUT2D eigenvalue weighted by Gasteiger charge is 2.30. The van der Waals surface area contributed by atoms with Crippen molar-refractivity contribution in [2.75, 3.05) is 13.7 Å². The van der Waals surface area contributed by atoms with Gasteiger partial charge in [-0.2, -0.15) is 0 Å². The van der Waals surface area contributed by atoms with E-state index in [1.165, 1.54) is 30.9 Å². The minimum Gasteiger partial charge on any atom is -0.497 e. The van der Waals surface area contributed by atoms with Gasteiger partial charge in [0.25, 0.3) is 0 Å². The van der Waals surface area contributed by atoms with Gasteiger partial charge >= 0.3 is 0 Å². The third kappa shape index (κ3) is 3.09. The Kier molecular flexibility index (Phi) is 4.22. The van der Waals surface area contributed by atoms with Crippen LogP contribution in [0, 0.1) is 5.82 Å². The van der Waals surface area contributed by atoms with E-state index in [0.29, 0.717) is 17.2 Å². The molecule has 1 heterocycles. The molecule has 0 saturated heterocycles. The average Bonchev–Trinajstić information content (AvgIpc) is 3.25. The molecule has 0 unspecified atom stereocenters. The number of thiazole rings is 1. The van der Waals surface area contributed by atoms with Gasteiger partial charge in [-0.3, -0.25) is 0 Å². The normalized spacial score (nSPS) is 14.4. The number of methoxy groups -OCH3 is 1. The van der Waals surface area contributed by atoms with Gasteiger partial charge in [0.05, 0.1) is 12.8 Å². The van der Waals surface area contributed by atoms with Crippen LogP contribution in [0.4, 0.5) is 4.39 Å². The number of benzene rings is 1. The molecule has 1 aromatic carbocycles. The predicted molar refractivity (Wildman–Crippen MR) is 83.4 cm³/mol. The van der Waals surface area contributed by atoms with Gasteiger partial charge in [0.15, 0.2) is 0 Å². The molecule has 1 fully saturated rings. The van der Waals surface area contributed by atoms with Crippen LogP contribution in [0.25, 0.3) is 10.6 Å². The molecule has 21 heavy (non-hydrogen) atoms. The molecule has 0 atom stereocenters. The van der Waals surface area contributed by atoms with Crippen molar-refractivity contribution in [3.8, 4) is 16.3 Å². The fourth-order valence-corrected chi connectivity index (χ4v) is 3.46. The molecule has 0 radical (unpaired) electrons. The second-order valence-corrected chi connectivity index (χ2v) is 6.31. The van der Waals surface area contributed by atoms with Crippen molar-refractivity contribution in [2.24, 2.45) is 0 Å². The molecule has 5 heteroatoms. The number of halogens is 1. The molecule has 1 aliphatic carbocycles. The first-order valence-electron chi connectivity index (χ1n) is 7.27. The Hall–Kier alpha value is -1.46. The van der Waals surface area contributed by atoms with Gasteiger partial charge < -0.3 is 10.1 Å². The summed E-state index contributed by atoms with van der Waals surface area (Å²) < 4.78 is 19.3. The van der Waals surface area contributed by atoms with Gasteiger partial charge in [0.2, 0.25) is 0 Å². The second kappa shape index (κ2) is 6.12. The second-order valence-electron chi connectivity index (χ2n) is 5.23. The van der Waals surface area contributed by atoms with Crippen molar-refractivity contribution in [3.05, 3.63) is 34.6 Å². The first-order chi connectivity index (χ1) is 10.2. The predicted octanol–water partition coefficient (Wildman–Crippen LogP) is 3.94. The third-order valence-corrected chi connectivity index (χ3v) is 4.74. The number of rotatable bonds is 6. The van der Waals surface area contributed by atoms with Crippen LogP contribution in [0.15, 0.2) is 18.2 Å². The first-order valence-corrected chi connectivity index (χ1v) is 8.08. The molecule has 3 nitrogen and oxygen atoms in total. The molecule has 112 valence electrons. The summed E-state index contributed by atoms with van der Waals surface area (Å²) in [6, 6.07) is 4.94. The van der Waals surface area contributed by atoms with Crippen molar-refractivity contribution in [1.29, 1.82) is 0 Å². The quantitative estimate of drug-likeness (QED) is 0.877. The van der Waals surface area contributed by atoms with Crippen molar-refractivity contribution >= 4 is 11.3 Å². The lowest BCUT2D eigenvalue weighted by atomic mass is 10.2. The van der Waals surface area contributed by atoms with E-state index in [4.69, 9.17) is 9.72 Å². The summed E-state index contributed by atoms with van der Waals surface area (Å²) in [5, 5.41) is 4.11. The molecular formula is C16H19FN2OS. The summed E-state index contributed by atoms with van der Waals surface area (Å²) in [4.78, 5) is 5.95. The molecule has 1 saturated carbocycles. The van der Waals surface area contributed by atoms with Crippen molar-refractivity contribution < 1.29 is 9.13 Å². The van der Waals surface area contributed by atoms with E-state index in [0.717, 1.165) is 23.8 Å². The molecule has 0 bridgehead atoms. The van der Waals surface area contributed by atoms with E-state index in [-0.39, 0.29) is 5.82 Å². The van der Waals surface area contributed by atoms with Crippen LogP contribution in [0.5, 0.6) is 5.75 Å². The zero-order chi connectivity index (χ0) is 14.8. The average molecular weight is 306 g/mol. The topological polar surface area (TPSA) is 34.1 Å². The van der Waals surface area contributed by atoms with Gasteiger partial charge in [0, 0.05) is 29.0 Å². The van der Waals surface area contributed by atoms with Crippen LogP contribution >= 0.6 is 11.3 Å². The number of aromatic nitrogens is 1. The van der Waals surface area contributed by atoms with E-state index in [1.54, 1.807) is 23.5 Å². The molecule has 0 aliphatic heterocycles. The molecule has 1 aromatic heterocycles. The Balaban J connectivity index is 1.94.